The zero-order chi connectivity index (χ0) is 10.0. The summed E-state index contributed by atoms with van der Waals surface area (Å²) < 4.78 is 12.9. The first-order valence-electron chi connectivity index (χ1n) is 4.29. The molecule has 72 valence electrons. The van der Waals surface area contributed by atoms with E-state index in [1.165, 1.54) is 12.1 Å². The molecule has 0 saturated heterocycles. The van der Waals surface area contributed by atoms with E-state index in [0.29, 0.717) is 11.7 Å². The zero-order valence-corrected chi connectivity index (χ0v) is 8.21. The van der Waals surface area contributed by atoms with E-state index in [2.05, 4.69) is 0 Å². The molecule has 3 heteroatoms. The number of nitrogens with two attached hydrogens (primary N) is 1. The number of nitrogens with zero attached hydrogens (tertiary/aromatic N) is 1. The Hall–Kier alpha value is -1.25. The van der Waals surface area contributed by atoms with E-state index in [1.54, 1.807) is 6.07 Å². The summed E-state index contributed by atoms with van der Waals surface area (Å²) >= 11 is 0. The molecule has 0 saturated carbocycles. The van der Waals surface area contributed by atoms with Crippen LogP contribution in [0.15, 0.2) is 18.2 Å². The van der Waals surface area contributed by atoms with Crippen molar-refractivity contribution in [3.63, 3.8) is 0 Å². The van der Waals surface area contributed by atoms with Crippen molar-refractivity contribution in [3.05, 3.63) is 24.0 Å². The van der Waals surface area contributed by atoms with Crippen molar-refractivity contribution in [3.8, 4) is 0 Å². The van der Waals surface area contributed by atoms with Crippen LogP contribution in [0.2, 0.25) is 0 Å². The lowest BCUT2D eigenvalue weighted by atomic mass is 10.2. The number of anilines is 2. The van der Waals surface area contributed by atoms with Crippen LogP contribution in [0.4, 0.5) is 15.8 Å². The molecule has 13 heavy (non-hydrogen) atoms. The number of hydrogen-bond donors (Lipinski definition) is 1. The van der Waals surface area contributed by atoms with Gasteiger partial charge < -0.3 is 10.6 Å². The zero-order valence-electron chi connectivity index (χ0n) is 8.21. The smallest absolute Gasteiger partial charge is 0.127 e. The molecule has 1 aromatic rings. The molecule has 0 aromatic heterocycles. The molecule has 0 heterocycles. The Morgan fingerprint density at radius 2 is 1.92 bits per heavy atom. The molecule has 0 aliphatic carbocycles. The van der Waals surface area contributed by atoms with E-state index in [9.17, 15) is 4.39 Å². The molecule has 1 aromatic carbocycles. The fourth-order valence-corrected chi connectivity index (χ4v) is 1.10. The van der Waals surface area contributed by atoms with Crippen molar-refractivity contribution >= 4 is 11.4 Å². The van der Waals surface area contributed by atoms with Crippen molar-refractivity contribution < 1.29 is 4.39 Å². The Morgan fingerprint density at radius 1 is 1.31 bits per heavy atom. The molecular weight excluding hydrogens is 167 g/mol. The van der Waals surface area contributed by atoms with E-state index in [-0.39, 0.29) is 5.82 Å². The molecule has 0 radical (unpaired) electrons. The third kappa shape index (κ3) is 2.34. The molecule has 0 amide bonds. The molecular formula is C10H15FN2. The van der Waals surface area contributed by atoms with Crippen molar-refractivity contribution in [2.75, 3.05) is 17.7 Å². The summed E-state index contributed by atoms with van der Waals surface area (Å²) in [6.45, 7) is 4.09. The lowest BCUT2D eigenvalue weighted by molar-refractivity contribution is 0.626. The minimum absolute atomic E-state index is 0.289. The fraction of sp³-hybridized carbons (Fsp3) is 0.400. The Morgan fingerprint density at radius 3 is 2.38 bits per heavy atom. The average Bonchev–Trinajstić information content (AvgIpc) is 2.01. The summed E-state index contributed by atoms with van der Waals surface area (Å²) in [5, 5.41) is 0. The summed E-state index contributed by atoms with van der Waals surface area (Å²) in [5.74, 6) is -0.289. The van der Waals surface area contributed by atoms with Gasteiger partial charge in [-0.05, 0) is 32.0 Å². The molecule has 0 bridgehead atoms. The van der Waals surface area contributed by atoms with Gasteiger partial charge in [0, 0.05) is 24.5 Å². The van der Waals surface area contributed by atoms with E-state index in [4.69, 9.17) is 5.73 Å². The van der Waals surface area contributed by atoms with Gasteiger partial charge in [-0.25, -0.2) is 4.39 Å². The monoisotopic (exact) mass is 182 g/mol. The van der Waals surface area contributed by atoms with E-state index >= 15 is 0 Å². The molecule has 0 fully saturated rings. The SMILES string of the molecule is CC(C)N(C)c1cc(N)cc(F)c1. The van der Waals surface area contributed by atoms with Crippen molar-refractivity contribution in [2.24, 2.45) is 0 Å². The van der Waals surface area contributed by atoms with Gasteiger partial charge in [0.15, 0.2) is 0 Å². The van der Waals surface area contributed by atoms with Gasteiger partial charge in [0.1, 0.15) is 5.82 Å². The van der Waals surface area contributed by atoms with Gasteiger partial charge in [-0.2, -0.15) is 0 Å². The van der Waals surface area contributed by atoms with Gasteiger partial charge in [-0.3, -0.25) is 0 Å². The van der Waals surface area contributed by atoms with Gasteiger partial charge in [0.05, 0.1) is 0 Å². The highest BCUT2D eigenvalue weighted by Gasteiger charge is 2.06. The van der Waals surface area contributed by atoms with E-state index in [1.807, 2.05) is 25.8 Å². The van der Waals surface area contributed by atoms with Gasteiger partial charge in [-0.1, -0.05) is 0 Å². The predicted octanol–water partition coefficient (Wildman–Crippen LogP) is 2.25. The number of hydrogen-bond acceptors (Lipinski definition) is 2. The van der Waals surface area contributed by atoms with Gasteiger partial charge in [0.25, 0.3) is 0 Å². The van der Waals surface area contributed by atoms with Crippen LogP contribution in [0.5, 0.6) is 0 Å². The Bertz CT molecular complexity index is 277. The highest BCUT2D eigenvalue weighted by molar-refractivity contribution is 5.56. The van der Waals surface area contributed by atoms with Crippen LogP contribution < -0.4 is 10.6 Å². The second-order valence-electron chi connectivity index (χ2n) is 3.45. The fourth-order valence-electron chi connectivity index (χ4n) is 1.10. The van der Waals surface area contributed by atoms with Crippen LogP contribution in [0.3, 0.4) is 0 Å². The minimum Gasteiger partial charge on any atom is -0.399 e. The molecule has 0 unspecified atom stereocenters. The largest absolute Gasteiger partial charge is 0.399 e. The lowest BCUT2D eigenvalue weighted by Crippen LogP contribution is -2.25. The molecule has 0 aliphatic rings. The summed E-state index contributed by atoms with van der Waals surface area (Å²) in [7, 11) is 1.92. The van der Waals surface area contributed by atoms with Crippen LogP contribution in [-0.2, 0) is 0 Å². The van der Waals surface area contributed by atoms with Crippen LogP contribution in [-0.4, -0.2) is 13.1 Å². The second kappa shape index (κ2) is 3.64. The van der Waals surface area contributed by atoms with Crippen LogP contribution in [0, 0.1) is 5.82 Å². The molecule has 0 aliphatic heterocycles. The summed E-state index contributed by atoms with van der Waals surface area (Å²) in [6.07, 6.45) is 0. The number of rotatable bonds is 2. The van der Waals surface area contributed by atoms with Crippen molar-refractivity contribution in [2.45, 2.75) is 19.9 Å². The van der Waals surface area contributed by atoms with Gasteiger partial charge in [0.2, 0.25) is 0 Å². The Labute approximate surface area is 78.2 Å². The molecule has 2 N–H and O–H groups in total. The van der Waals surface area contributed by atoms with E-state index in [0.717, 1.165) is 5.69 Å². The summed E-state index contributed by atoms with van der Waals surface area (Å²) in [5.41, 5.74) is 6.80. The van der Waals surface area contributed by atoms with Crippen LogP contribution >= 0.6 is 0 Å². The van der Waals surface area contributed by atoms with E-state index < -0.39 is 0 Å². The normalized spacial score (nSPS) is 10.5. The molecule has 2 nitrogen and oxygen atoms in total. The highest BCUT2D eigenvalue weighted by atomic mass is 19.1. The topological polar surface area (TPSA) is 29.3 Å². The second-order valence-corrected chi connectivity index (χ2v) is 3.45. The molecule has 1 rings (SSSR count). The number of halogens is 1. The summed E-state index contributed by atoms with van der Waals surface area (Å²) in [4.78, 5) is 1.97. The van der Waals surface area contributed by atoms with Crippen molar-refractivity contribution in [1.82, 2.24) is 0 Å². The van der Waals surface area contributed by atoms with Crippen molar-refractivity contribution in [1.29, 1.82) is 0 Å². The minimum atomic E-state index is -0.289. The molecule has 0 atom stereocenters. The first-order chi connectivity index (χ1) is 6.00. The first kappa shape index (κ1) is 9.84. The maximum absolute atomic E-state index is 12.9. The highest BCUT2D eigenvalue weighted by Crippen LogP contribution is 2.20. The Kier molecular flexibility index (Phi) is 2.76. The van der Waals surface area contributed by atoms with Crippen LogP contribution in [0.25, 0.3) is 0 Å². The third-order valence-electron chi connectivity index (χ3n) is 2.09. The Balaban J connectivity index is 3.01. The average molecular weight is 182 g/mol. The number of nitrogen functional groups attached to an aromatic ring is 1. The number of benzene rings is 1. The predicted molar refractivity (Wildman–Crippen MR) is 54.4 cm³/mol. The first-order valence-corrected chi connectivity index (χ1v) is 4.29. The maximum Gasteiger partial charge on any atom is 0.127 e. The van der Waals surface area contributed by atoms with Crippen LogP contribution in [0.1, 0.15) is 13.8 Å². The van der Waals surface area contributed by atoms with Gasteiger partial charge >= 0.3 is 0 Å². The summed E-state index contributed by atoms with van der Waals surface area (Å²) in [6, 6.07) is 4.90. The lowest BCUT2D eigenvalue weighted by Gasteiger charge is -2.23. The van der Waals surface area contributed by atoms with Gasteiger partial charge in [-0.15, -0.1) is 0 Å². The standard InChI is InChI=1S/C10H15FN2/c1-7(2)13(3)10-5-8(11)4-9(12)6-10/h4-7H,12H2,1-3H3. The molecule has 0 spiro atoms. The quantitative estimate of drug-likeness (QED) is 0.711. The third-order valence-corrected chi connectivity index (χ3v) is 2.09. The maximum atomic E-state index is 12.9.